The number of carbonyl (C=O) groups excluding carboxylic acids is 1. The van der Waals surface area contributed by atoms with E-state index in [1.165, 1.54) is 25.7 Å². The molecule has 0 aliphatic rings. The maximum atomic E-state index is 8.64. The monoisotopic (exact) mass is 786 g/mol. The molecule has 0 unspecified atom stereocenters. The zero-order valence-electron chi connectivity index (χ0n) is 31.3. The molecule has 22 nitrogen and oxygen atoms in total. The summed E-state index contributed by atoms with van der Waals surface area (Å²) in [7, 11) is 2.60. The third-order valence-electron chi connectivity index (χ3n) is 5.82. The molecule has 15 N–H and O–H groups in total. The van der Waals surface area contributed by atoms with Crippen molar-refractivity contribution < 1.29 is 58.5 Å². The van der Waals surface area contributed by atoms with Crippen LogP contribution in [0, 0.1) is 0 Å². The number of anilines is 6. The van der Waals surface area contributed by atoms with Gasteiger partial charge in [-0.25, -0.2) is 0 Å². The second-order valence-electron chi connectivity index (χ2n) is 9.80. The Kier molecular flexibility index (Phi) is 38.3. The molecule has 0 aliphatic heterocycles. The predicted octanol–water partition coefficient (Wildman–Crippen LogP) is -3.03. The minimum absolute atomic E-state index is 0. The van der Waals surface area contributed by atoms with Crippen molar-refractivity contribution in [2.45, 2.75) is 84.2 Å². The van der Waals surface area contributed by atoms with E-state index in [1.807, 2.05) is 6.55 Å². The topological polar surface area (TPSA) is 386 Å². The van der Waals surface area contributed by atoms with Crippen molar-refractivity contribution in [1.82, 2.24) is 44.9 Å². The van der Waals surface area contributed by atoms with Crippen LogP contribution in [-0.2, 0) is 31.4 Å². The molecule has 3 heterocycles. The van der Waals surface area contributed by atoms with Gasteiger partial charge in [0.25, 0.3) is 6.47 Å². The molecule has 0 bridgehead atoms. The molecule has 0 spiro atoms. The Balaban J connectivity index is -0.000000281. The summed E-state index contributed by atoms with van der Waals surface area (Å²) in [5.41, 5.74) is 37.3. The number of nitrogen functional groups attached to an aromatic ring is 6. The van der Waals surface area contributed by atoms with Crippen LogP contribution in [0.5, 0.6) is 0 Å². The number of hydrogen-bond acceptors (Lipinski definition) is 22. The molecule has 0 aliphatic carbocycles. The van der Waals surface area contributed by atoms with E-state index in [0.29, 0.717) is 11.6 Å². The fourth-order valence-electron chi connectivity index (χ4n) is 3.30. The van der Waals surface area contributed by atoms with Crippen LogP contribution in [0.1, 0.15) is 70.4 Å². The van der Waals surface area contributed by atoms with Crippen molar-refractivity contribution in [1.29, 1.82) is 0 Å². The van der Waals surface area contributed by atoms with Gasteiger partial charge in [0.15, 0.2) is 0 Å². The van der Waals surface area contributed by atoms with E-state index in [9.17, 15) is 0 Å². The summed E-state index contributed by atoms with van der Waals surface area (Å²) in [6.07, 6.45) is 9.47. The molecule has 0 atom stereocenters. The number of nitrogens with two attached hydrogens (primary N) is 7. The molecule has 0 radical (unpaired) electrons. The third kappa shape index (κ3) is 32.5. The molecular weight excluding hydrogens is 731 g/mol. The predicted molar refractivity (Wildman–Crippen MR) is 197 cm³/mol. The van der Waals surface area contributed by atoms with Crippen LogP contribution in [0.15, 0.2) is 0 Å². The fraction of sp³-hybridized carbons (Fsp3) is 0.630. The van der Waals surface area contributed by atoms with Crippen molar-refractivity contribution in [2.24, 2.45) is 5.73 Å². The zero-order valence-corrected chi connectivity index (χ0v) is 35.0. The fourth-order valence-corrected chi connectivity index (χ4v) is 4.89. The van der Waals surface area contributed by atoms with Gasteiger partial charge in [-0.1, -0.05) is 39.5 Å². The number of unbranched alkanes of at least 4 members (excludes halogenated alkanes) is 4. The first-order valence-corrected chi connectivity index (χ1v) is 18.5. The van der Waals surface area contributed by atoms with Crippen molar-refractivity contribution in [2.75, 3.05) is 62.3 Å². The minimum atomic E-state index is -1.80. The average molecular weight is 787 g/mol. The Morgan fingerprint density at radius 1 is 0.673 bits per heavy atom. The zero-order chi connectivity index (χ0) is 39.7. The normalized spacial score (nSPS) is 9.58. The molecule has 52 heavy (non-hydrogen) atoms. The Morgan fingerprint density at radius 3 is 1.21 bits per heavy atom. The Labute approximate surface area is 333 Å². The largest absolute Gasteiger partial charge is 1.00 e. The second-order valence-corrected chi connectivity index (χ2v) is 13.7. The number of carbonyl (C=O) groups is 1. The van der Waals surface area contributed by atoms with E-state index in [4.69, 9.17) is 75.7 Å². The van der Waals surface area contributed by atoms with Crippen molar-refractivity contribution in [3.8, 4) is 0 Å². The number of hydrogen-bond donors (Lipinski definition) is 8. The van der Waals surface area contributed by atoms with E-state index in [1.54, 1.807) is 14.2 Å². The van der Waals surface area contributed by atoms with Crippen molar-refractivity contribution >= 4 is 62.3 Å². The van der Waals surface area contributed by atoms with E-state index >= 15 is 0 Å². The molecule has 0 saturated heterocycles. The summed E-state index contributed by atoms with van der Waals surface area (Å²) < 4.78 is 10.5. The van der Waals surface area contributed by atoms with Gasteiger partial charge in [0.1, 0.15) is 11.6 Å². The summed E-state index contributed by atoms with van der Waals surface area (Å²) in [6, 6.07) is 0.983. The standard InChI is InChI=1S/2C8H15N5.C6H17NO2Si.C3H4ClN5.CH2O3.CH4O.Na/c2*1-2-3-4-5-6-11-7(9)13-8(10)12-6;1-8-10(3,9-2)6-4-5-7;4-1-7-2(5)9-3(6)8-1;2-1-4-3;1-2;/h2*2-5H2,1H3,(H4,9,10,11,12,13);4-7H2,1-3H3;(H4,5,6,7,8,9);1,3H;2H,1H3;/q;;;;;;+1/p-1. The van der Waals surface area contributed by atoms with Gasteiger partial charge in [-0.15, -0.1) is 0 Å². The molecule has 25 heteroatoms. The van der Waals surface area contributed by atoms with Gasteiger partial charge in [0.2, 0.25) is 41.0 Å². The Morgan fingerprint density at radius 2 is 0.981 bits per heavy atom. The van der Waals surface area contributed by atoms with E-state index in [-0.39, 0.29) is 77.0 Å². The van der Waals surface area contributed by atoms with Gasteiger partial charge >= 0.3 is 38.1 Å². The van der Waals surface area contributed by atoms with Gasteiger partial charge < -0.3 is 64.2 Å². The van der Waals surface area contributed by atoms with Crippen LogP contribution in [0.25, 0.3) is 0 Å². The summed E-state index contributed by atoms with van der Waals surface area (Å²) in [4.78, 5) is 45.0. The second kappa shape index (κ2) is 36.0. The average Bonchev–Trinajstić information content (AvgIpc) is 3.08. The first-order chi connectivity index (χ1) is 24.2. The first-order valence-electron chi connectivity index (χ1n) is 15.6. The van der Waals surface area contributed by atoms with Crippen LogP contribution in [0.3, 0.4) is 0 Å². The number of halogens is 1. The van der Waals surface area contributed by atoms with E-state index < -0.39 is 8.56 Å². The SMILES string of the molecule is CCCCCc1nc(N)nc(N)n1.CCCCCc1nc(N)nc(N)n1.CO.CO[Si](C)(CCCN)OC.Nc1nc(N)nc(Cl)n1.O=CO[O-].[Na+]. The van der Waals surface area contributed by atoms with Crippen LogP contribution in [0.2, 0.25) is 17.9 Å². The summed E-state index contributed by atoms with van der Waals surface area (Å²) >= 11 is 5.33. The smallest absolute Gasteiger partial charge is 0.662 e. The maximum Gasteiger partial charge on any atom is 1.00 e. The van der Waals surface area contributed by atoms with Gasteiger partial charge in [-0.2, -0.15) is 44.9 Å². The molecule has 292 valence electrons. The van der Waals surface area contributed by atoms with Gasteiger partial charge in [-0.05, 0) is 50.0 Å². The Bertz CT molecular complexity index is 1160. The van der Waals surface area contributed by atoms with Gasteiger partial charge in [-0.3, -0.25) is 4.79 Å². The third-order valence-corrected chi connectivity index (χ3v) is 8.98. The molecule has 0 amide bonds. The molecule has 0 saturated carbocycles. The molecule has 3 aromatic heterocycles. The van der Waals surface area contributed by atoms with Gasteiger partial charge in [0.05, 0.1) is 0 Å². The number of aliphatic hydroxyl groups excluding tert-OH is 1. The molecular formula is C27H56ClN16NaO6Si. The minimum Gasteiger partial charge on any atom is -0.662 e. The van der Waals surface area contributed by atoms with E-state index in [2.05, 4.69) is 63.6 Å². The summed E-state index contributed by atoms with van der Waals surface area (Å²) in [5.74, 6) is 2.29. The van der Waals surface area contributed by atoms with Gasteiger partial charge in [0, 0.05) is 34.2 Å². The summed E-state index contributed by atoms with van der Waals surface area (Å²) in [5, 5.41) is 15.4. The summed E-state index contributed by atoms with van der Waals surface area (Å²) in [6.45, 7) is 6.88. The van der Waals surface area contributed by atoms with Crippen molar-refractivity contribution in [3.63, 3.8) is 0 Å². The molecule has 0 fully saturated rings. The number of nitrogens with zero attached hydrogens (tertiary/aromatic N) is 9. The number of rotatable bonds is 14. The molecule has 0 aromatic carbocycles. The Hall–Kier alpha value is -3.39. The first kappa shape index (κ1) is 55.4. The van der Waals surface area contributed by atoms with Crippen LogP contribution in [0.4, 0.5) is 35.7 Å². The number of aryl methyl sites for hydroxylation is 2. The number of aromatic nitrogens is 9. The maximum absolute atomic E-state index is 8.64. The van der Waals surface area contributed by atoms with Crippen molar-refractivity contribution in [3.05, 3.63) is 16.9 Å². The quantitative estimate of drug-likeness (QED) is 0.0265. The van der Waals surface area contributed by atoms with Crippen LogP contribution >= 0.6 is 11.6 Å². The molecule has 3 aromatic rings. The number of aliphatic hydroxyl groups is 1. The molecule has 3 rings (SSSR count). The van der Waals surface area contributed by atoms with Crippen LogP contribution < -0.4 is 75.0 Å². The van der Waals surface area contributed by atoms with E-state index in [0.717, 1.165) is 51.8 Å². The van der Waals surface area contributed by atoms with Crippen LogP contribution in [-0.4, -0.2) is 92.9 Å².